The van der Waals surface area contributed by atoms with Crippen molar-refractivity contribution in [2.75, 3.05) is 47.0 Å². The highest BCUT2D eigenvalue weighted by molar-refractivity contribution is 7.99. The van der Waals surface area contributed by atoms with E-state index in [4.69, 9.17) is 14.0 Å². The number of hydrogen-bond donors (Lipinski definition) is 3. The van der Waals surface area contributed by atoms with Crippen molar-refractivity contribution in [3.05, 3.63) is 101 Å². The molecule has 2 fully saturated rings. The van der Waals surface area contributed by atoms with E-state index in [1.165, 1.54) is 53.3 Å². The van der Waals surface area contributed by atoms with Crippen LogP contribution in [0, 0.1) is 0 Å². The molecule has 11 nitrogen and oxygen atoms in total. The molecule has 0 spiro atoms. The van der Waals surface area contributed by atoms with Crippen LogP contribution in [0.4, 0.5) is 30.2 Å². The monoisotopic (exact) mass is 877 g/mol. The van der Waals surface area contributed by atoms with E-state index in [0.29, 0.717) is 30.1 Å². The Morgan fingerprint density at radius 2 is 1.14 bits per heavy atom. The minimum atomic E-state index is -4.48. The van der Waals surface area contributed by atoms with Gasteiger partial charge >= 0.3 is 6.18 Å². The van der Waals surface area contributed by atoms with E-state index in [9.17, 15) is 13.2 Å². The van der Waals surface area contributed by atoms with Gasteiger partial charge in [0.25, 0.3) is 11.8 Å². The molecule has 4 aliphatic rings. The fourth-order valence-corrected chi connectivity index (χ4v) is 9.71. The zero-order chi connectivity index (χ0) is 43.5. The number of rotatable bonds is 8. The quantitative estimate of drug-likeness (QED) is 0.126. The number of fused-ring (bicyclic) bond motifs is 2. The van der Waals surface area contributed by atoms with Gasteiger partial charge in [-0.1, -0.05) is 46.5 Å². The molecule has 0 amide bonds. The van der Waals surface area contributed by atoms with Crippen LogP contribution < -0.4 is 25.2 Å². The average molecular weight is 878 g/mol. The molecule has 0 saturated carbocycles. The molecule has 2 aromatic heterocycles. The van der Waals surface area contributed by atoms with Gasteiger partial charge in [-0.2, -0.15) is 23.1 Å². The van der Waals surface area contributed by atoms with Crippen molar-refractivity contribution in [1.29, 1.82) is 0 Å². The minimum absolute atomic E-state index is 0.0733. The van der Waals surface area contributed by atoms with Gasteiger partial charge in [-0.3, -0.25) is 0 Å². The first-order valence-corrected chi connectivity index (χ1v) is 23.4. The highest BCUT2D eigenvalue weighted by Gasteiger charge is 2.37. The number of hydrogen-bond acceptors (Lipinski definition) is 12. The topological polar surface area (TPSA) is 120 Å². The normalized spacial score (nSPS) is 18.9. The number of nitrogens with zero attached hydrogens (tertiary/aromatic N) is 6. The third-order valence-corrected chi connectivity index (χ3v) is 13.2. The molecule has 2 unspecified atom stereocenters. The Labute approximate surface area is 370 Å². The Morgan fingerprint density at radius 1 is 0.635 bits per heavy atom. The van der Waals surface area contributed by atoms with E-state index in [-0.39, 0.29) is 23.2 Å². The average Bonchev–Trinajstić information content (AvgIpc) is 4.01. The molecule has 0 radical (unpaired) electrons. The molecule has 63 heavy (non-hydrogen) atoms. The summed E-state index contributed by atoms with van der Waals surface area (Å²) < 4.78 is 56.4. The Kier molecular flexibility index (Phi) is 12.8. The summed E-state index contributed by atoms with van der Waals surface area (Å²) in [5.41, 5.74) is 10.1. The van der Waals surface area contributed by atoms with Gasteiger partial charge in [0.05, 0.1) is 16.9 Å². The summed E-state index contributed by atoms with van der Waals surface area (Å²) in [5.74, 6) is 1.64. The van der Waals surface area contributed by atoms with E-state index < -0.39 is 11.7 Å². The Hall–Kier alpha value is -5.38. The number of anilines is 3. The second-order valence-electron chi connectivity index (χ2n) is 17.0. The van der Waals surface area contributed by atoms with E-state index in [1.807, 2.05) is 30.2 Å². The van der Waals surface area contributed by atoms with E-state index in [2.05, 4.69) is 84.9 Å². The van der Waals surface area contributed by atoms with Gasteiger partial charge in [0.1, 0.15) is 0 Å². The second-order valence-corrected chi connectivity index (χ2v) is 17.6. The van der Waals surface area contributed by atoms with Gasteiger partial charge in [-0.15, -0.1) is 0 Å². The van der Waals surface area contributed by atoms with Gasteiger partial charge in [-0.25, -0.2) is 0 Å². The Morgan fingerprint density at radius 3 is 1.67 bits per heavy atom. The summed E-state index contributed by atoms with van der Waals surface area (Å²) in [6.07, 6.45) is 6.23. The molecule has 6 aromatic rings. The van der Waals surface area contributed by atoms with Crippen LogP contribution in [0.2, 0.25) is 0 Å². The van der Waals surface area contributed by atoms with Crippen molar-refractivity contribution in [3.63, 3.8) is 0 Å². The van der Waals surface area contributed by atoms with Crippen LogP contribution in [0.3, 0.4) is 0 Å². The summed E-state index contributed by atoms with van der Waals surface area (Å²) in [6, 6.07) is 23.8. The number of piperidine rings is 2. The standard InChI is InChI=1S/C24H25F3N4O.C24H29N5OS/c1-15-4-2-3-11-31(15)21-8-7-18(13-20(21)24(25,26)27)23-29-22(30-32-23)17-6-5-16-9-10-28-14-19(16)12-17;1-16-5-3-4-12-29(16)22-9-8-19(14-21(22)28-31-2)24-26-23(27-30-24)18-7-6-17-10-11-25-15-20(17)13-18/h5-8,12-13,15,28H,2-4,9-11,14H2,1H3;6-9,13-14,16,25,28H,3-5,10-12,15H2,1-2H3. The largest absolute Gasteiger partial charge is 0.418 e. The van der Waals surface area contributed by atoms with Crippen molar-refractivity contribution >= 4 is 29.0 Å². The van der Waals surface area contributed by atoms with Gasteiger partial charge < -0.3 is 34.2 Å². The lowest BCUT2D eigenvalue weighted by Gasteiger charge is -2.37. The third-order valence-electron chi connectivity index (χ3n) is 12.8. The molecule has 4 aromatic carbocycles. The van der Waals surface area contributed by atoms with Gasteiger partial charge in [0.15, 0.2) is 0 Å². The minimum Gasteiger partial charge on any atom is -0.368 e. The molecule has 10 rings (SSSR count). The smallest absolute Gasteiger partial charge is 0.368 e. The van der Waals surface area contributed by atoms with Crippen molar-refractivity contribution < 1.29 is 22.2 Å². The zero-order valence-electron chi connectivity index (χ0n) is 36.0. The molecule has 2 atom stereocenters. The summed E-state index contributed by atoms with van der Waals surface area (Å²) >= 11 is 1.60. The number of aromatic nitrogens is 4. The van der Waals surface area contributed by atoms with Gasteiger partial charge in [0.2, 0.25) is 11.6 Å². The predicted octanol–water partition coefficient (Wildman–Crippen LogP) is 10.6. The van der Waals surface area contributed by atoms with Crippen LogP contribution in [0.15, 0.2) is 81.8 Å². The second kappa shape index (κ2) is 18.8. The van der Waals surface area contributed by atoms with Crippen LogP contribution in [0.1, 0.15) is 80.2 Å². The highest BCUT2D eigenvalue weighted by atomic mass is 32.2. The number of nitrogens with one attached hydrogen (secondary N) is 3. The lowest BCUT2D eigenvalue weighted by Crippen LogP contribution is -2.38. The summed E-state index contributed by atoms with van der Waals surface area (Å²) in [5, 5.41) is 15.1. The third kappa shape index (κ3) is 9.46. The SMILES string of the molecule is CC1CCCCN1c1ccc(-c2nc(-c3ccc4c(c3)CNCC4)no2)cc1C(F)(F)F.CSNc1cc(-c2nc(-c3ccc4c(c3)CNCC4)no2)ccc1N1CCCCC1C. The summed E-state index contributed by atoms with van der Waals surface area (Å²) in [6.45, 7) is 9.68. The molecule has 3 N–H and O–H groups in total. The molecular formula is C48H54F3N9O2S. The molecule has 6 heterocycles. The van der Waals surface area contributed by atoms with Crippen molar-refractivity contribution in [1.82, 2.24) is 30.9 Å². The van der Waals surface area contributed by atoms with E-state index >= 15 is 0 Å². The molecule has 4 aliphatic heterocycles. The molecule has 0 bridgehead atoms. The zero-order valence-corrected chi connectivity index (χ0v) is 36.8. The number of alkyl halides is 3. The van der Waals surface area contributed by atoms with Crippen LogP contribution in [-0.4, -0.2) is 64.8 Å². The van der Waals surface area contributed by atoms with Crippen LogP contribution in [0.25, 0.3) is 45.7 Å². The molecule has 2 saturated heterocycles. The van der Waals surface area contributed by atoms with E-state index in [1.54, 1.807) is 18.0 Å². The maximum Gasteiger partial charge on any atom is 0.418 e. The Balaban J connectivity index is 0.000000160. The van der Waals surface area contributed by atoms with E-state index in [0.717, 1.165) is 93.3 Å². The van der Waals surface area contributed by atoms with Crippen molar-refractivity contribution in [2.24, 2.45) is 0 Å². The number of halogens is 3. The lowest BCUT2D eigenvalue weighted by atomic mass is 9.98. The molecular weight excluding hydrogens is 824 g/mol. The maximum atomic E-state index is 14.0. The first kappa shape index (κ1) is 42.9. The van der Waals surface area contributed by atoms with Crippen LogP contribution in [-0.2, 0) is 32.1 Å². The Bertz CT molecular complexity index is 2540. The number of benzene rings is 4. The van der Waals surface area contributed by atoms with Crippen LogP contribution >= 0.6 is 11.9 Å². The first-order chi connectivity index (χ1) is 30.6. The molecule has 15 heteroatoms. The highest BCUT2D eigenvalue weighted by Crippen LogP contribution is 2.41. The van der Waals surface area contributed by atoms with Gasteiger partial charge in [-0.05, 0) is 149 Å². The molecule has 0 aliphatic carbocycles. The van der Waals surface area contributed by atoms with Crippen molar-refractivity contribution in [2.45, 2.75) is 96.6 Å². The lowest BCUT2D eigenvalue weighted by molar-refractivity contribution is -0.137. The predicted molar refractivity (Wildman–Crippen MR) is 245 cm³/mol. The summed E-state index contributed by atoms with van der Waals surface area (Å²) in [4.78, 5) is 13.5. The fraction of sp³-hybridized carbons (Fsp3) is 0.417. The van der Waals surface area contributed by atoms with Crippen LogP contribution in [0.5, 0.6) is 0 Å². The first-order valence-electron chi connectivity index (χ1n) is 22.1. The maximum absolute atomic E-state index is 14.0. The summed E-state index contributed by atoms with van der Waals surface area (Å²) in [7, 11) is 0. The van der Waals surface area contributed by atoms with Crippen molar-refractivity contribution in [3.8, 4) is 45.7 Å². The molecule has 330 valence electrons. The van der Waals surface area contributed by atoms with Gasteiger partial charge in [0, 0.05) is 72.5 Å². The fourth-order valence-electron chi connectivity index (χ4n) is 9.32.